The van der Waals surface area contributed by atoms with Crippen molar-refractivity contribution in [2.24, 2.45) is 0 Å². The first kappa shape index (κ1) is 15.5. The molecule has 0 bridgehead atoms. The van der Waals surface area contributed by atoms with Gasteiger partial charge in [0.05, 0.1) is 0 Å². The Morgan fingerprint density at radius 3 is 2.74 bits per heavy atom. The van der Waals surface area contributed by atoms with Gasteiger partial charge in [0.2, 0.25) is 0 Å². The SMILES string of the molecule is C[CH]CCCC(CC)NC(=O)OCc1ccccc1. The Morgan fingerprint density at radius 1 is 1.37 bits per heavy atom. The van der Waals surface area contributed by atoms with Crippen molar-refractivity contribution in [2.75, 3.05) is 0 Å². The first-order valence-electron chi connectivity index (χ1n) is 7.01. The average Bonchev–Trinajstić information content (AvgIpc) is 2.45. The Balaban J connectivity index is 2.25. The fourth-order valence-electron chi connectivity index (χ4n) is 1.88. The van der Waals surface area contributed by atoms with Crippen molar-refractivity contribution >= 4 is 6.09 Å². The van der Waals surface area contributed by atoms with E-state index in [4.69, 9.17) is 4.74 Å². The minimum absolute atomic E-state index is 0.211. The maximum atomic E-state index is 11.7. The van der Waals surface area contributed by atoms with E-state index in [1.54, 1.807) is 0 Å². The van der Waals surface area contributed by atoms with Gasteiger partial charge in [-0.1, -0.05) is 57.0 Å². The summed E-state index contributed by atoms with van der Waals surface area (Å²) in [7, 11) is 0. The highest BCUT2D eigenvalue weighted by Crippen LogP contribution is 2.07. The summed E-state index contributed by atoms with van der Waals surface area (Å²) < 4.78 is 5.21. The summed E-state index contributed by atoms with van der Waals surface area (Å²) in [5, 5.41) is 2.92. The lowest BCUT2D eigenvalue weighted by molar-refractivity contribution is 0.134. The number of hydrogen-bond acceptors (Lipinski definition) is 2. The number of unbranched alkanes of at least 4 members (excludes halogenated alkanes) is 2. The van der Waals surface area contributed by atoms with Crippen molar-refractivity contribution in [1.82, 2.24) is 5.32 Å². The van der Waals surface area contributed by atoms with Crippen LogP contribution in [0.3, 0.4) is 0 Å². The highest BCUT2D eigenvalue weighted by Gasteiger charge is 2.10. The topological polar surface area (TPSA) is 38.3 Å². The number of alkyl carbamates (subject to hydrolysis) is 1. The second-order valence-electron chi connectivity index (χ2n) is 4.65. The largest absolute Gasteiger partial charge is 0.445 e. The van der Waals surface area contributed by atoms with Crippen LogP contribution in [0.1, 0.15) is 45.1 Å². The van der Waals surface area contributed by atoms with Crippen LogP contribution in [-0.2, 0) is 11.3 Å². The molecule has 1 unspecified atom stereocenters. The molecule has 0 aliphatic heterocycles. The Kier molecular flexibility index (Phi) is 7.71. The van der Waals surface area contributed by atoms with Gasteiger partial charge in [-0.05, 0) is 24.8 Å². The van der Waals surface area contributed by atoms with Crippen LogP contribution in [0.2, 0.25) is 0 Å². The Labute approximate surface area is 116 Å². The number of carbonyl (C=O) groups is 1. The van der Waals surface area contributed by atoms with Gasteiger partial charge in [-0.25, -0.2) is 4.79 Å². The number of nitrogens with one attached hydrogen (secondary N) is 1. The molecule has 0 aliphatic carbocycles. The van der Waals surface area contributed by atoms with Gasteiger partial charge in [-0.2, -0.15) is 0 Å². The van der Waals surface area contributed by atoms with Gasteiger partial charge < -0.3 is 10.1 Å². The zero-order chi connectivity index (χ0) is 13.9. The molecular formula is C16H24NO2. The molecule has 3 nitrogen and oxygen atoms in total. The van der Waals surface area contributed by atoms with E-state index in [1.807, 2.05) is 30.3 Å². The standard InChI is InChI=1S/C16H24NO2/c1-3-5-7-12-15(4-2)17-16(18)19-13-14-10-8-6-9-11-14/h3,6,8-11,15H,4-5,7,12-13H2,1-2H3,(H,17,18). The molecule has 105 valence electrons. The lowest BCUT2D eigenvalue weighted by Crippen LogP contribution is -2.34. The molecule has 0 saturated heterocycles. The third kappa shape index (κ3) is 6.85. The van der Waals surface area contributed by atoms with Crippen molar-refractivity contribution in [3.63, 3.8) is 0 Å². The molecule has 0 aromatic heterocycles. The van der Waals surface area contributed by atoms with E-state index in [0.29, 0.717) is 6.61 Å². The third-order valence-corrected chi connectivity index (χ3v) is 3.07. The number of carbonyl (C=O) groups excluding carboxylic acids is 1. The quantitative estimate of drug-likeness (QED) is 0.717. The second-order valence-corrected chi connectivity index (χ2v) is 4.65. The molecule has 0 heterocycles. The monoisotopic (exact) mass is 262 g/mol. The maximum Gasteiger partial charge on any atom is 0.407 e. The normalized spacial score (nSPS) is 11.9. The van der Waals surface area contributed by atoms with Crippen molar-refractivity contribution in [1.29, 1.82) is 0 Å². The van der Waals surface area contributed by atoms with Crippen molar-refractivity contribution in [3.05, 3.63) is 42.3 Å². The molecule has 1 rings (SSSR count). The van der Waals surface area contributed by atoms with Gasteiger partial charge >= 0.3 is 6.09 Å². The zero-order valence-electron chi connectivity index (χ0n) is 11.9. The highest BCUT2D eigenvalue weighted by atomic mass is 16.5. The highest BCUT2D eigenvalue weighted by molar-refractivity contribution is 5.67. The van der Waals surface area contributed by atoms with Crippen LogP contribution in [0.5, 0.6) is 0 Å². The van der Waals surface area contributed by atoms with Crippen molar-refractivity contribution < 1.29 is 9.53 Å². The summed E-state index contributed by atoms with van der Waals surface area (Å²) in [4.78, 5) is 11.7. The van der Waals surface area contributed by atoms with Crippen LogP contribution in [0, 0.1) is 6.42 Å². The molecule has 0 saturated carbocycles. The molecule has 1 radical (unpaired) electrons. The zero-order valence-corrected chi connectivity index (χ0v) is 11.9. The fourth-order valence-corrected chi connectivity index (χ4v) is 1.88. The molecule has 19 heavy (non-hydrogen) atoms. The number of amides is 1. The van der Waals surface area contributed by atoms with Crippen molar-refractivity contribution in [2.45, 2.75) is 52.2 Å². The number of benzene rings is 1. The van der Waals surface area contributed by atoms with E-state index < -0.39 is 0 Å². The number of rotatable bonds is 8. The van der Waals surface area contributed by atoms with Gasteiger partial charge in [-0.15, -0.1) is 0 Å². The van der Waals surface area contributed by atoms with E-state index in [2.05, 4.69) is 25.6 Å². The summed E-state index contributed by atoms with van der Waals surface area (Å²) in [5.41, 5.74) is 1.01. The lowest BCUT2D eigenvalue weighted by Gasteiger charge is -2.16. The summed E-state index contributed by atoms with van der Waals surface area (Å²) in [5.74, 6) is 0. The van der Waals surface area contributed by atoms with Crippen LogP contribution >= 0.6 is 0 Å². The van der Waals surface area contributed by atoms with E-state index >= 15 is 0 Å². The van der Waals surface area contributed by atoms with E-state index in [0.717, 1.165) is 31.2 Å². The molecule has 1 aromatic carbocycles. The molecule has 0 aliphatic rings. The minimum Gasteiger partial charge on any atom is -0.445 e. The maximum absolute atomic E-state index is 11.7. The van der Waals surface area contributed by atoms with Gasteiger partial charge in [0.1, 0.15) is 6.61 Å². The van der Waals surface area contributed by atoms with E-state index in [1.165, 1.54) is 0 Å². The first-order valence-corrected chi connectivity index (χ1v) is 7.01. The molecular weight excluding hydrogens is 238 g/mol. The fraction of sp³-hybridized carbons (Fsp3) is 0.500. The Morgan fingerprint density at radius 2 is 2.11 bits per heavy atom. The predicted molar refractivity (Wildman–Crippen MR) is 77.7 cm³/mol. The molecule has 1 aromatic rings. The molecule has 3 heteroatoms. The van der Waals surface area contributed by atoms with Crippen LogP contribution in [-0.4, -0.2) is 12.1 Å². The number of ether oxygens (including phenoxy) is 1. The van der Waals surface area contributed by atoms with E-state index in [9.17, 15) is 4.79 Å². The van der Waals surface area contributed by atoms with Gasteiger partial charge in [0, 0.05) is 6.04 Å². The Hall–Kier alpha value is -1.51. The van der Waals surface area contributed by atoms with Crippen molar-refractivity contribution in [3.8, 4) is 0 Å². The molecule has 1 N–H and O–H groups in total. The first-order chi connectivity index (χ1) is 9.26. The van der Waals surface area contributed by atoms with Crippen LogP contribution in [0.15, 0.2) is 30.3 Å². The molecule has 0 fully saturated rings. The Bertz CT molecular complexity index is 351. The molecule has 0 spiro atoms. The lowest BCUT2D eigenvalue weighted by atomic mass is 10.1. The van der Waals surface area contributed by atoms with Crippen LogP contribution in [0.25, 0.3) is 0 Å². The summed E-state index contributed by atoms with van der Waals surface area (Å²) >= 11 is 0. The van der Waals surface area contributed by atoms with Crippen LogP contribution in [0.4, 0.5) is 4.79 Å². The summed E-state index contributed by atoms with van der Waals surface area (Å²) in [6.45, 7) is 4.46. The minimum atomic E-state index is -0.323. The summed E-state index contributed by atoms with van der Waals surface area (Å²) in [6.07, 6.45) is 5.97. The van der Waals surface area contributed by atoms with E-state index in [-0.39, 0.29) is 12.1 Å². The second kappa shape index (κ2) is 9.42. The molecule has 1 atom stereocenters. The molecule has 1 amide bonds. The smallest absolute Gasteiger partial charge is 0.407 e. The van der Waals surface area contributed by atoms with Gasteiger partial charge in [0.25, 0.3) is 0 Å². The third-order valence-electron chi connectivity index (χ3n) is 3.07. The van der Waals surface area contributed by atoms with Gasteiger partial charge in [-0.3, -0.25) is 0 Å². The summed E-state index contributed by atoms with van der Waals surface area (Å²) in [6, 6.07) is 9.92. The average molecular weight is 262 g/mol. The van der Waals surface area contributed by atoms with Crippen LogP contribution < -0.4 is 5.32 Å². The predicted octanol–water partition coefficient (Wildman–Crippen LogP) is 4.09. The number of hydrogen-bond donors (Lipinski definition) is 1. The van der Waals surface area contributed by atoms with Gasteiger partial charge in [0.15, 0.2) is 0 Å².